The molecule has 2 heterocycles. The van der Waals surface area contributed by atoms with Crippen LogP contribution in [0.25, 0.3) is 0 Å². The quantitative estimate of drug-likeness (QED) is 0.920. The highest BCUT2D eigenvalue weighted by molar-refractivity contribution is 5.95. The van der Waals surface area contributed by atoms with Gasteiger partial charge in [-0.05, 0) is 44.6 Å². The summed E-state index contributed by atoms with van der Waals surface area (Å²) in [7, 11) is 0. The summed E-state index contributed by atoms with van der Waals surface area (Å²) in [4.78, 5) is 30.2. The molecular weight excluding hydrogens is 296 g/mol. The van der Waals surface area contributed by atoms with Crippen molar-refractivity contribution in [3.8, 4) is 5.88 Å². The molecule has 124 valence electrons. The van der Waals surface area contributed by atoms with E-state index in [0.29, 0.717) is 18.3 Å². The smallest absolute Gasteiger partial charge is 0.326 e. The SMILES string of the molecule is CC(C)Oc1cccc(C(=O)N2C[C@@H]3CCC[C@H]3[C@@H]2C(=O)O)n1. The Morgan fingerprint density at radius 3 is 2.83 bits per heavy atom. The fraction of sp³-hybridized carbons (Fsp3) is 0.588. The van der Waals surface area contributed by atoms with E-state index >= 15 is 0 Å². The molecule has 1 aromatic heterocycles. The third kappa shape index (κ3) is 3.02. The molecular formula is C17H22N2O4. The van der Waals surface area contributed by atoms with Crippen LogP contribution in [0.5, 0.6) is 5.88 Å². The maximum Gasteiger partial charge on any atom is 0.326 e. The Morgan fingerprint density at radius 2 is 2.13 bits per heavy atom. The first-order valence-electron chi connectivity index (χ1n) is 8.15. The zero-order chi connectivity index (χ0) is 16.6. The van der Waals surface area contributed by atoms with Crippen LogP contribution in [0.4, 0.5) is 0 Å². The highest BCUT2D eigenvalue weighted by Crippen LogP contribution is 2.42. The van der Waals surface area contributed by atoms with Crippen LogP contribution in [0, 0.1) is 11.8 Å². The zero-order valence-electron chi connectivity index (χ0n) is 13.4. The van der Waals surface area contributed by atoms with Gasteiger partial charge in [-0.3, -0.25) is 4.79 Å². The largest absolute Gasteiger partial charge is 0.480 e. The number of pyridine rings is 1. The van der Waals surface area contributed by atoms with Crippen LogP contribution in [-0.4, -0.2) is 45.6 Å². The number of aliphatic carboxylic acids is 1. The standard InChI is InChI=1S/C17H22N2O4/c1-10(2)23-14-8-4-7-13(18-14)16(20)19-9-11-5-3-6-12(11)15(19)17(21)22/h4,7-8,10-12,15H,3,5-6,9H2,1-2H3,(H,21,22)/t11-,12+,15+/m0/s1. The lowest BCUT2D eigenvalue weighted by Gasteiger charge is -2.24. The average Bonchev–Trinajstić information content (AvgIpc) is 3.05. The molecule has 3 atom stereocenters. The van der Waals surface area contributed by atoms with Gasteiger partial charge in [-0.2, -0.15) is 0 Å². The van der Waals surface area contributed by atoms with Gasteiger partial charge in [-0.1, -0.05) is 12.5 Å². The van der Waals surface area contributed by atoms with Gasteiger partial charge in [0, 0.05) is 12.6 Å². The summed E-state index contributed by atoms with van der Waals surface area (Å²) in [5.41, 5.74) is 0.245. The molecule has 0 spiro atoms. The number of carbonyl (C=O) groups is 2. The van der Waals surface area contributed by atoms with Crippen molar-refractivity contribution in [2.75, 3.05) is 6.54 Å². The van der Waals surface area contributed by atoms with Crippen LogP contribution in [0.1, 0.15) is 43.6 Å². The van der Waals surface area contributed by atoms with Crippen molar-refractivity contribution < 1.29 is 19.4 Å². The molecule has 23 heavy (non-hydrogen) atoms. The number of amides is 1. The molecule has 0 bridgehead atoms. The molecule has 1 saturated carbocycles. The Morgan fingerprint density at radius 1 is 1.35 bits per heavy atom. The molecule has 1 amide bonds. The first-order valence-corrected chi connectivity index (χ1v) is 8.15. The molecule has 0 aromatic carbocycles. The predicted octanol–water partition coefficient (Wildman–Crippen LogP) is 2.19. The summed E-state index contributed by atoms with van der Waals surface area (Å²) < 4.78 is 5.52. The van der Waals surface area contributed by atoms with Crippen molar-refractivity contribution in [1.29, 1.82) is 0 Å². The number of fused-ring (bicyclic) bond motifs is 1. The highest BCUT2D eigenvalue weighted by Gasteiger charge is 2.49. The minimum Gasteiger partial charge on any atom is -0.480 e. The Hall–Kier alpha value is -2.11. The van der Waals surface area contributed by atoms with Gasteiger partial charge in [-0.25, -0.2) is 9.78 Å². The Kier molecular flexibility index (Phi) is 4.24. The van der Waals surface area contributed by atoms with Crippen molar-refractivity contribution in [2.45, 2.75) is 45.3 Å². The van der Waals surface area contributed by atoms with Crippen molar-refractivity contribution >= 4 is 11.9 Å². The Bertz CT molecular complexity index is 616. The number of carboxylic acid groups (broad SMARTS) is 1. The number of aromatic nitrogens is 1. The summed E-state index contributed by atoms with van der Waals surface area (Å²) in [6.07, 6.45) is 2.90. The lowest BCUT2D eigenvalue weighted by atomic mass is 9.94. The van der Waals surface area contributed by atoms with Gasteiger partial charge in [0.05, 0.1) is 6.10 Å². The fourth-order valence-corrected chi connectivity index (χ4v) is 3.82. The lowest BCUT2D eigenvalue weighted by molar-refractivity contribution is -0.142. The third-order valence-electron chi connectivity index (χ3n) is 4.70. The number of likely N-dealkylation sites (tertiary alicyclic amines) is 1. The van der Waals surface area contributed by atoms with E-state index in [1.807, 2.05) is 13.8 Å². The summed E-state index contributed by atoms with van der Waals surface area (Å²) in [5, 5.41) is 9.56. The maximum absolute atomic E-state index is 12.8. The molecule has 1 aliphatic heterocycles. The van der Waals surface area contributed by atoms with E-state index in [4.69, 9.17) is 4.74 Å². The number of carboxylic acids is 1. The molecule has 3 rings (SSSR count). The van der Waals surface area contributed by atoms with E-state index in [9.17, 15) is 14.7 Å². The van der Waals surface area contributed by atoms with Gasteiger partial charge in [-0.15, -0.1) is 0 Å². The highest BCUT2D eigenvalue weighted by atomic mass is 16.5. The second-order valence-corrected chi connectivity index (χ2v) is 6.62. The van der Waals surface area contributed by atoms with E-state index in [1.165, 1.54) is 4.90 Å². The minimum absolute atomic E-state index is 0.0363. The van der Waals surface area contributed by atoms with Gasteiger partial charge in [0.1, 0.15) is 11.7 Å². The van der Waals surface area contributed by atoms with Crippen molar-refractivity contribution in [3.05, 3.63) is 23.9 Å². The summed E-state index contributed by atoms with van der Waals surface area (Å²) in [5.74, 6) is -0.470. The van der Waals surface area contributed by atoms with Crippen LogP contribution in [0.3, 0.4) is 0 Å². The zero-order valence-corrected chi connectivity index (χ0v) is 13.4. The van der Waals surface area contributed by atoms with Gasteiger partial charge < -0.3 is 14.7 Å². The van der Waals surface area contributed by atoms with Crippen LogP contribution in [0.2, 0.25) is 0 Å². The topological polar surface area (TPSA) is 79.7 Å². The molecule has 0 radical (unpaired) electrons. The van der Waals surface area contributed by atoms with Crippen molar-refractivity contribution in [2.24, 2.45) is 11.8 Å². The number of nitrogens with zero attached hydrogens (tertiary/aromatic N) is 2. The van der Waals surface area contributed by atoms with Crippen molar-refractivity contribution in [3.63, 3.8) is 0 Å². The summed E-state index contributed by atoms with van der Waals surface area (Å²) in [6, 6.07) is 4.30. The number of hydrogen-bond acceptors (Lipinski definition) is 4. The van der Waals surface area contributed by atoms with E-state index < -0.39 is 12.0 Å². The van der Waals surface area contributed by atoms with E-state index in [2.05, 4.69) is 4.98 Å². The average molecular weight is 318 g/mol. The molecule has 1 saturated heterocycles. The van der Waals surface area contributed by atoms with Crippen molar-refractivity contribution in [1.82, 2.24) is 9.88 Å². The maximum atomic E-state index is 12.8. The molecule has 6 heteroatoms. The van der Waals surface area contributed by atoms with E-state index in [1.54, 1.807) is 18.2 Å². The van der Waals surface area contributed by atoms with Gasteiger partial charge in [0.2, 0.25) is 5.88 Å². The third-order valence-corrected chi connectivity index (χ3v) is 4.70. The van der Waals surface area contributed by atoms with Crippen LogP contribution >= 0.6 is 0 Å². The summed E-state index contributed by atoms with van der Waals surface area (Å²) in [6.45, 7) is 4.29. The second-order valence-electron chi connectivity index (χ2n) is 6.62. The lowest BCUT2D eigenvalue weighted by Crippen LogP contribution is -2.43. The van der Waals surface area contributed by atoms with Gasteiger partial charge in [0.15, 0.2) is 0 Å². The first-order chi connectivity index (χ1) is 11.0. The monoisotopic (exact) mass is 318 g/mol. The number of rotatable bonds is 4. The van der Waals surface area contributed by atoms with Crippen LogP contribution in [-0.2, 0) is 4.79 Å². The Balaban J connectivity index is 1.83. The molecule has 2 fully saturated rings. The van der Waals surface area contributed by atoms with Crippen LogP contribution < -0.4 is 4.74 Å². The molecule has 0 unspecified atom stereocenters. The fourth-order valence-electron chi connectivity index (χ4n) is 3.82. The van der Waals surface area contributed by atoms with Gasteiger partial charge in [0.25, 0.3) is 5.91 Å². The number of carbonyl (C=O) groups excluding carboxylic acids is 1. The summed E-state index contributed by atoms with van der Waals surface area (Å²) >= 11 is 0. The number of hydrogen-bond donors (Lipinski definition) is 1. The van der Waals surface area contributed by atoms with E-state index in [-0.39, 0.29) is 23.6 Å². The molecule has 1 aliphatic carbocycles. The van der Waals surface area contributed by atoms with E-state index in [0.717, 1.165) is 19.3 Å². The van der Waals surface area contributed by atoms with Crippen LogP contribution in [0.15, 0.2) is 18.2 Å². The molecule has 1 N–H and O–H groups in total. The second kappa shape index (κ2) is 6.18. The number of ether oxygens (including phenoxy) is 1. The molecule has 1 aromatic rings. The Labute approximate surface area is 135 Å². The molecule has 6 nitrogen and oxygen atoms in total. The normalized spacial score (nSPS) is 26.4. The first kappa shape index (κ1) is 15.8. The molecule has 2 aliphatic rings. The minimum atomic E-state index is -0.915. The van der Waals surface area contributed by atoms with Gasteiger partial charge >= 0.3 is 5.97 Å². The predicted molar refractivity (Wildman–Crippen MR) is 83.3 cm³/mol.